The normalized spacial score (nSPS) is 17.4. The second-order valence-corrected chi connectivity index (χ2v) is 10.3. The number of pyridine rings is 1. The summed E-state index contributed by atoms with van der Waals surface area (Å²) < 4.78 is 7.52. The lowest BCUT2D eigenvalue weighted by Crippen LogP contribution is -2.32. The molecule has 35 heavy (non-hydrogen) atoms. The van der Waals surface area contributed by atoms with E-state index >= 15 is 0 Å². The molecule has 0 aromatic carbocycles. The molecule has 4 heterocycles. The van der Waals surface area contributed by atoms with Gasteiger partial charge in [-0.1, -0.05) is 0 Å². The number of carbonyl (C=O) groups excluding carboxylic acids is 1. The number of anilines is 2. The van der Waals surface area contributed by atoms with Crippen LogP contribution in [0, 0.1) is 0 Å². The van der Waals surface area contributed by atoms with Crippen LogP contribution in [-0.2, 0) is 12.6 Å². The zero-order valence-corrected chi connectivity index (χ0v) is 21.0. The fraction of sp³-hybridized carbons (Fsp3) is 0.391. The molecular weight excluding hydrogens is 466 g/mol. The number of aromatic nitrogens is 6. The number of nitrogens with one attached hydrogen (secondary N) is 3. The highest BCUT2D eigenvalue weighted by Crippen LogP contribution is 2.40. The highest BCUT2D eigenvalue weighted by atomic mass is 32.1. The Balaban J connectivity index is 1.33. The third kappa shape index (κ3) is 4.36. The maximum Gasteiger partial charge on any atom is 0.319 e. The summed E-state index contributed by atoms with van der Waals surface area (Å²) in [5.41, 5.74) is 2.97. The molecule has 12 heteroatoms. The SMILES string of the molecule is CNc1ncc2cc(C3CC3NC(=O)Nc3cn(C(C)(C)C)nc3-c3cnsc3)c(=O)n(C)c2n1. The third-order valence-corrected chi connectivity index (χ3v) is 6.65. The summed E-state index contributed by atoms with van der Waals surface area (Å²) in [7, 11) is 3.43. The lowest BCUT2D eigenvalue weighted by Gasteiger charge is -2.18. The molecule has 1 fully saturated rings. The molecule has 0 radical (unpaired) electrons. The molecule has 4 aromatic heterocycles. The summed E-state index contributed by atoms with van der Waals surface area (Å²) in [4.78, 5) is 34.5. The second kappa shape index (κ2) is 8.45. The van der Waals surface area contributed by atoms with Crippen molar-refractivity contribution in [3.8, 4) is 11.3 Å². The van der Waals surface area contributed by atoms with Gasteiger partial charge in [-0.2, -0.15) is 10.1 Å². The summed E-state index contributed by atoms with van der Waals surface area (Å²) in [5, 5.41) is 16.2. The van der Waals surface area contributed by atoms with Gasteiger partial charge in [0.1, 0.15) is 11.3 Å². The van der Waals surface area contributed by atoms with Gasteiger partial charge in [0.15, 0.2) is 0 Å². The van der Waals surface area contributed by atoms with Crippen molar-refractivity contribution in [3.63, 3.8) is 0 Å². The molecule has 0 saturated heterocycles. The van der Waals surface area contributed by atoms with Gasteiger partial charge in [0.25, 0.3) is 5.56 Å². The number of aryl methyl sites for hydroxylation is 1. The Bertz CT molecular complexity index is 1470. The Morgan fingerprint density at radius 3 is 2.74 bits per heavy atom. The van der Waals surface area contributed by atoms with E-state index < -0.39 is 0 Å². The van der Waals surface area contributed by atoms with Gasteiger partial charge in [0, 0.05) is 60.3 Å². The maximum absolute atomic E-state index is 13.0. The third-order valence-electron chi connectivity index (χ3n) is 6.06. The minimum absolute atomic E-state index is 0.0642. The minimum atomic E-state index is -0.338. The monoisotopic (exact) mass is 493 g/mol. The van der Waals surface area contributed by atoms with Crippen molar-refractivity contribution in [1.82, 2.24) is 34.0 Å². The van der Waals surface area contributed by atoms with Crippen LogP contribution in [0.1, 0.15) is 38.7 Å². The molecule has 4 aromatic rings. The standard InChI is InChI=1S/C23H27N9O2S/c1-23(2,3)32-10-17(18(30-32)13-9-26-35-11-13)28-22(34)27-16-7-14(16)15-6-12-8-25-21(24-4)29-19(12)31(5)20(15)33/h6,8-11,14,16H,7H2,1-5H3,(H,24,25,29)(H2,27,28,34). The molecule has 11 nitrogen and oxygen atoms in total. The van der Waals surface area contributed by atoms with Crippen molar-refractivity contribution in [3.05, 3.63) is 46.0 Å². The smallest absolute Gasteiger partial charge is 0.319 e. The Kier molecular flexibility index (Phi) is 5.55. The van der Waals surface area contributed by atoms with Crippen LogP contribution in [0.25, 0.3) is 22.3 Å². The number of hydrogen-bond acceptors (Lipinski definition) is 8. The average molecular weight is 494 g/mol. The number of rotatable bonds is 5. The first-order valence-electron chi connectivity index (χ1n) is 11.3. The zero-order valence-electron chi connectivity index (χ0n) is 20.2. The van der Waals surface area contributed by atoms with Crippen molar-refractivity contribution in [2.24, 2.45) is 7.05 Å². The molecule has 1 aliphatic carbocycles. The van der Waals surface area contributed by atoms with Crippen LogP contribution in [0.4, 0.5) is 16.4 Å². The Labute approximate surface area is 205 Å². The number of urea groups is 1. The number of nitrogens with zero attached hydrogens (tertiary/aromatic N) is 6. The van der Waals surface area contributed by atoms with E-state index in [-0.39, 0.29) is 29.1 Å². The molecule has 2 amide bonds. The lowest BCUT2D eigenvalue weighted by atomic mass is 10.1. The molecule has 2 unspecified atom stereocenters. The zero-order chi connectivity index (χ0) is 24.9. The van der Waals surface area contributed by atoms with E-state index in [1.54, 1.807) is 26.5 Å². The molecule has 5 rings (SSSR count). The van der Waals surface area contributed by atoms with Crippen LogP contribution in [0.2, 0.25) is 0 Å². The lowest BCUT2D eigenvalue weighted by molar-refractivity contribution is 0.251. The van der Waals surface area contributed by atoms with Gasteiger partial charge in [0.05, 0.1) is 17.4 Å². The molecule has 1 aliphatic rings. The van der Waals surface area contributed by atoms with Gasteiger partial charge < -0.3 is 16.0 Å². The number of hydrogen-bond donors (Lipinski definition) is 3. The molecular formula is C23H27N9O2S. The Hall–Kier alpha value is -3.80. The van der Waals surface area contributed by atoms with E-state index in [1.807, 2.05) is 43.1 Å². The maximum atomic E-state index is 13.0. The van der Waals surface area contributed by atoms with Gasteiger partial charge in [-0.25, -0.2) is 14.2 Å². The number of carbonyl (C=O) groups is 1. The van der Waals surface area contributed by atoms with Gasteiger partial charge in [-0.05, 0) is 44.8 Å². The highest BCUT2D eigenvalue weighted by Gasteiger charge is 2.42. The largest absolute Gasteiger partial charge is 0.357 e. The van der Waals surface area contributed by atoms with Gasteiger partial charge >= 0.3 is 6.03 Å². The van der Waals surface area contributed by atoms with Crippen LogP contribution in [0.5, 0.6) is 0 Å². The quantitative estimate of drug-likeness (QED) is 0.389. The molecule has 1 saturated carbocycles. The molecule has 0 aliphatic heterocycles. The predicted molar refractivity (Wildman–Crippen MR) is 136 cm³/mol. The molecule has 0 bridgehead atoms. The van der Waals surface area contributed by atoms with Crippen molar-refractivity contribution in [1.29, 1.82) is 0 Å². The van der Waals surface area contributed by atoms with E-state index in [2.05, 4.69) is 35.4 Å². The van der Waals surface area contributed by atoms with Crippen LogP contribution < -0.4 is 21.5 Å². The first kappa shape index (κ1) is 23.0. The van der Waals surface area contributed by atoms with Crippen LogP contribution in [0.15, 0.2) is 34.8 Å². The summed E-state index contributed by atoms with van der Waals surface area (Å²) in [5.74, 6) is 0.390. The summed E-state index contributed by atoms with van der Waals surface area (Å²) >= 11 is 1.33. The Morgan fingerprint density at radius 1 is 1.26 bits per heavy atom. The molecule has 182 valence electrons. The second-order valence-electron chi connectivity index (χ2n) is 9.65. The van der Waals surface area contributed by atoms with Crippen molar-refractivity contribution >= 4 is 40.2 Å². The van der Waals surface area contributed by atoms with Crippen LogP contribution >= 0.6 is 11.5 Å². The minimum Gasteiger partial charge on any atom is -0.357 e. The fourth-order valence-electron chi connectivity index (χ4n) is 4.03. The van der Waals surface area contributed by atoms with E-state index in [9.17, 15) is 9.59 Å². The van der Waals surface area contributed by atoms with Crippen molar-refractivity contribution in [2.45, 2.75) is 44.7 Å². The predicted octanol–water partition coefficient (Wildman–Crippen LogP) is 3.12. The van der Waals surface area contributed by atoms with Gasteiger partial charge in [-0.15, -0.1) is 0 Å². The number of amides is 2. The summed E-state index contributed by atoms with van der Waals surface area (Å²) in [6.45, 7) is 6.13. The van der Waals surface area contributed by atoms with Gasteiger partial charge in [-0.3, -0.25) is 14.0 Å². The van der Waals surface area contributed by atoms with E-state index in [0.29, 0.717) is 35.0 Å². The topological polar surface area (TPSA) is 132 Å². The Morgan fingerprint density at radius 2 is 2.06 bits per heavy atom. The van der Waals surface area contributed by atoms with E-state index in [1.165, 1.54) is 16.1 Å². The average Bonchev–Trinajstić information content (AvgIpc) is 3.19. The number of fused-ring (bicyclic) bond motifs is 1. The summed E-state index contributed by atoms with van der Waals surface area (Å²) in [6.07, 6.45) is 5.95. The molecule has 3 N–H and O–H groups in total. The van der Waals surface area contributed by atoms with E-state index in [0.717, 1.165) is 10.9 Å². The molecule has 0 spiro atoms. The van der Waals surface area contributed by atoms with Gasteiger partial charge in [0.2, 0.25) is 5.95 Å². The van der Waals surface area contributed by atoms with Crippen LogP contribution in [-0.4, -0.2) is 47.8 Å². The first-order chi connectivity index (χ1) is 16.7. The van der Waals surface area contributed by atoms with Crippen molar-refractivity contribution < 1.29 is 4.79 Å². The highest BCUT2D eigenvalue weighted by molar-refractivity contribution is 7.03. The van der Waals surface area contributed by atoms with E-state index in [4.69, 9.17) is 0 Å². The van der Waals surface area contributed by atoms with Crippen molar-refractivity contribution in [2.75, 3.05) is 17.7 Å². The first-order valence-corrected chi connectivity index (χ1v) is 12.1. The fourth-order valence-corrected chi connectivity index (χ4v) is 4.55. The van der Waals surface area contributed by atoms with Crippen LogP contribution in [0.3, 0.4) is 0 Å². The molecule has 2 atom stereocenters. The summed E-state index contributed by atoms with van der Waals surface area (Å²) in [6, 6.07) is 1.35.